The molecule has 1 unspecified atom stereocenters. The minimum Gasteiger partial charge on any atom is -0.378 e. The topological polar surface area (TPSA) is 58.6 Å². The summed E-state index contributed by atoms with van der Waals surface area (Å²) in [5.74, 6) is 1.23. The zero-order valence-corrected chi connectivity index (χ0v) is 17.1. The average Bonchev–Trinajstić information content (AvgIpc) is 3.24. The van der Waals surface area contributed by atoms with Gasteiger partial charge in [0, 0.05) is 37.1 Å². The molecule has 0 spiro atoms. The van der Waals surface area contributed by atoms with E-state index in [1.54, 1.807) is 17.7 Å². The SMILES string of the molecule is O=C(C1CCCN(c2ncnc3scc(-c4ccccc4)c23)C1)N1CCOCC1. The van der Waals surface area contributed by atoms with Crippen molar-refractivity contribution in [1.29, 1.82) is 0 Å². The largest absolute Gasteiger partial charge is 0.378 e. The summed E-state index contributed by atoms with van der Waals surface area (Å²) in [4.78, 5) is 27.5. The zero-order valence-electron chi connectivity index (χ0n) is 16.3. The molecular weight excluding hydrogens is 384 g/mol. The molecule has 1 aromatic carbocycles. The lowest BCUT2D eigenvalue weighted by atomic mass is 9.95. The van der Waals surface area contributed by atoms with Crippen LogP contribution in [0.25, 0.3) is 21.3 Å². The fraction of sp³-hybridized carbons (Fsp3) is 0.409. The highest BCUT2D eigenvalue weighted by Crippen LogP contribution is 2.38. The van der Waals surface area contributed by atoms with Crippen molar-refractivity contribution in [3.63, 3.8) is 0 Å². The van der Waals surface area contributed by atoms with Crippen LogP contribution in [-0.4, -0.2) is 60.2 Å². The minimum atomic E-state index is 0.0191. The van der Waals surface area contributed by atoms with Gasteiger partial charge in [-0.1, -0.05) is 30.3 Å². The van der Waals surface area contributed by atoms with Crippen LogP contribution < -0.4 is 4.90 Å². The first-order chi connectivity index (χ1) is 14.3. The highest BCUT2D eigenvalue weighted by molar-refractivity contribution is 7.17. The number of amides is 1. The van der Waals surface area contributed by atoms with E-state index in [2.05, 4.69) is 44.5 Å². The summed E-state index contributed by atoms with van der Waals surface area (Å²) in [5.41, 5.74) is 2.34. The van der Waals surface area contributed by atoms with Gasteiger partial charge < -0.3 is 14.5 Å². The molecule has 1 atom stereocenters. The summed E-state index contributed by atoms with van der Waals surface area (Å²) in [6.07, 6.45) is 3.59. The summed E-state index contributed by atoms with van der Waals surface area (Å²) in [7, 11) is 0. The number of rotatable bonds is 3. The zero-order chi connectivity index (χ0) is 19.6. The van der Waals surface area contributed by atoms with Crippen LogP contribution in [0.15, 0.2) is 42.0 Å². The van der Waals surface area contributed by atoms with Crippen molar-refractivity contribution in [1.82, 2.24) is 14.9 Å². The molecule has 7 heteroatoms. The van der Waals surface area contributed by atoms with E-state index in [1.165, 1.54) is 11.1 Å². The van der Waals surface area contributed by atoms with E-state index in [0.29, 0.717) is 32.8 Å². The molecule has 2 saturated heterocycles. The Hall–Kier alpha value is -2.51. The molecule has 1 amide bonds. The quantitative estimate of drug-likeness (QED) is 0.665. The normalized spacial score (nSPS) is 20.2. The molecule has 0 saturated carbocycles. The number of hydrogen-bond acceptors (Lipinski definition) is 6. The molecule has 0 aliphatic carbocycles. The van der Waals surface area contributed by atoms with Crippen LogP contribution in [0.2, 0.25) is 0 Å². The van der Waals surface area contributed by atoms with Crippen molar-refractivity contribution in [2.24, 2.45) is 5.92 Å². The highest BCUT2D eigenvalue weighted by Gasteiger charge is 2.31. The van der Waals surface area contributed by atoms with Gasteiger partial charge in [0.25, 0.3) is 0 Å². The van der Waals surface area contributed by atoms with E-state index in [-0.39, 0.29) is 11.8 Å². The molecule has 3 aromatic rings. The molecule has 2 aromatic heterocycles. The molecular formula is C22H24N4O2S. The molecule has 5 rings (SSSR count). The van der Waals surface area contributed by atoms with E-state index in [4.69, 9.17) is 4.74 Å². The first kappa shape index (κ1) is 18.5. The third-order valence-electron chi connectivity index (χ3n) is 5.83. The van der Waals surface area contributed by atoms with Gasteiger partial charge in [-0.25, -0.2) is 9.97 Å². The van der Waals surface area contributed by atoms with Gasteiger partial charge >= 0.3 is 0 Å². The van der Waals surface area contributed by atoms with Crippen molar-refractivity contribution in [3.8, 4) is 11.1 Å². The Bertz CT molecular complexity index is 1000. The van der Waals surface area contributed by atoms with Gasteiger partial charge in [-0.2, -0.15) is 0 Å². The van der Waals surface area contributed by atoms with Crippen LogP contribution >= 0.6 is 11.3 Å². The van der Waals surface area contributed by atoms with Crippen molar-refractivity contribution in [3.05, 3.63) is 42.0 Å². The maximum Gasteiger partial charge on any atom is 0.227 e. The highest BCUT2D eigenvalue weighted by atomic mass is 32.1. The Morgan fingerprint density at radius 2 is 1.93 bits per heavy atom. The summed E-state index contributed by atoms with van der Waals surface area (Å²) in [5, 5.41) is 3.27. The number of carbonyl (C=O) groups is 1. The summed E-state index contributed by atoms with van der Waals surface area (Å²) in [6, 6.07) is 10.4. The Morgan fingerprint density at radius 1 is 1.10 bits per heavy atom. The third-order valence-corrected chi connectivity index (χ3v) is 6.71. The second-order valence-corrected chi connectivity index (χ2v) is 8.47. The standard InChI is InChI=1S/C22H24N4O2S/c27-22(25-9-11-28-12-10-25)17-7-4-8-26(13-17)20-19-18(16-5-2-1-3-6-16)14-29-21(19)24-15-23-20/h1-3,5-6,14-15,17H,4,7-13H2. The van der Waals surface area contributed by atoms with E-state index in [9.17, 15) is 4.79 Å². The minimum absolute atomic E-state index is 0.0191. The van der Waals surface area contributed by atoms with Crippen LogP contribution in [0, 0.1) is 5.92 Å². The summed E-state index contributed by atoms with van der Waals surface area (Å²) < 4.78 is 5.40. The van der Waals surface area contributed by atoms with Gasteiger partial charge in [0.05, 0.1) is 24.5 Å². The van der Waals surface area contributed by atoms with Crippen LogP contribution in [0.4, 0.5) is 5.82 Å². The van der Waals surface area contributed by atoms with Crippen molar-refractivity contribution >= 4 is 33.3 Å². The van der Waals surface area contributed by atoms with Crippen molar-refractivity contribution < 1.29 is 9.53 Å². The van der Waals surface area contributed by atoms with E-state index < -0.39 is 0 Å². The summed E-state index contributed by atoms with van der Waals surface area (Å²) in [6.45, 7) is 4.33. The van der Waals surface area contributed by atoms with Crippen molar-refractivity contribution in [2.45, 2.75) is 12.8 Å². The number of nitrogens with zero attached hydrogens (tertiary/aromatic N) is 4. The number of piperidine rings is 1. The number of ether oxygens (including phenoxy) is 1. The number of aromatic nitrogens is 2. The Kier molecular flexibility index (Phi) is 5.16. The van der Waals surface area contributed by atoms with Crippen molar-refractivity contribution in [2.75, 3.05) is 44.3 Å². The Morgan fingerprint density at radius 3 is 2.76 bits per heavy atom. The smallest absolute Gasteiger partial charge is 0.227 e. The predicted octanol–water partition coefficient (Wildman–Crippen LogP) is 3.43. The first-order valence-electron chi connectivity index (χ1n) is 10.2. The molecule has 29 heavy (non-hydrogen) atoms. The fourth-order valence-corrected chi connectivity index (χ4v) is 5.25. The monoisotopic (exact) mass is 408 g/mol. The van der Waals surface area contributed by atoms with Gasteiger partial charge in [-0.3, -0.25) is 4.79 Å². The van der Waals surface area contributed by atoms with Gasteiger partial charge in [-0.15, -0.1) is 11.3 Å². The number of fused-ring (bicyclic) bond motifs is 1. The summed E-state index contributed by atoms with van der Waals surface area (Å²) >= 11 is 1.65. The lowest BCUT2D eigenvalue weighted by molar-refractivity contribution is -0.139. The predicted molar refractivity (Wildman–Crippen MR) is 115 cm³/mol. The van der Waals surface area contributed by atoms with Gasteiger partial charge in [0.2, 0.25) is 5.91 Å². The van der Waals surface area contributed by atoms with Gasteiger partial charge in [-0.05, 0) is 18.4 Å². The second-order valence-electron chi connectivity index (χ2n) is 7.62. The number of thiophene rings is 1. The second kappa shape index (κ2) is 8.08. The number of hydrogen-bond donors (Lipinski definition) is 0. The van der Waals surface area contributed by atoms with E-state index in [1.807, 2.05) is 11.0 Å². The molecule has 2 aliphatic heterocycles. The maximum absolute atomic E-state index is 13.0. The number of anilines is 1. The van der Waals surface area contributed by atoms with Crippen LogP contribution in [0.1, 0.15) is 12.8 Å². The number of carbonyl (C=O) groups excluding carboxylic acids is 1. The van der Waals surface area contributed by atoms with Gasteiger partial charge in [0.15, 0.2) is 0 Å². The molecule has 150 valence electrons. The molecule has 2 aliphatic rings. The Labute approximate surface area is 174 Å². The molecule has 0 N–H and O–H groups in total. The van der Waals surface area contributed by atoms with E-state index >= 15 is 0 Å². The molecule has 0 radical (unpaired) electrons. The maximum atomic E-state index is 13.0. The molecule has 2 fully saturated rings. The van der Waals surface area contributed by atoms with Gasteiger partial charge in [0.1, 0.15) is 17.0 Å². The fourth-order valence-electron chi connectivity index (χ4n) is 4.34. The average molecular weight is 409 g/mol. The van der Waals surface area contributed by atoms with Crippen LogP contribution in [0.3, 0.4) is 0 Å². The number of benzene rings is 1. The van der Waals surface area contributed by atoms with E-state index in [0.717, 1.165) is 35.4 Å². The lowest BCUT2D eigenvalue weighted by Gasteiger charge is -2.37. The number of morpholine rings is 1. The molecule has 4 heterocycles. The van der Waals surface area contributed by atoms with Crippen LogP contribution in [-0.2, 0) is 9.53 Å². The third kappa shape index (κ3) is 3.60. The molecule has 6 nitrogen and oxygen atoms in total. The molecule has 0 bridgehead atoms. The first-order valence-corrected chi connectivity index (χ1v) is 11.1. The Balaban J connectivity index is 1.46. The van der Waals surface area contributed by atoms with Crippen LogP contribution in [0.5, 0.6) is 0 Å². The lowest BCUT2D eigenvalue weighted by Crippen LogP contribution is -2.48.